The van der Waals surface area contributed by atoms with E-state index in [2.05, 4.69) is 55.5 Å². The fourth-order valence-corrected chi connectivity index (χ4v) is 7.18. The lowest BCUT2D eigenvalue weighted by atomic mass is 9.73. The van der Waals surface area contributed by atoms with Gasteiger partial charge in [0.05, 0.1) is 11.5 Å². The van der Waals surface area contributed by atoms with E-state index < -0.39 is 11.7 Å². The number of carbonyl (C=O) groups excluding carboxylic acids is 1. The monoisotopic (exact) mass is 574 g/mol. The Balaban J connectivity index is 1.26. The molecule has 5 heteroatoms. The minimum atomic E-state index is -0.683. The van der Waals surface area contributed by atoms with Gasteiger partial charge in [0.2, 0.25) is 6.29 Å². The van der Waals surface area contributed by atoms with E-state index in [-0.39, 0.29) is 18.6 Å². The van der Waals surface area contributed by atoms with Gasteiger partial charge in [-0.05, 0) is 97.0 Å². The van der Waals surface area contributed by atoms with Gasteiger partial charge in [-0.1, -0.05) is 72.8 Å². The fraction of sp³-hybridized carbons (Fsp3) is 0.342. The lowest BCUT2D eigenvalue weighted by molar-refractivity contribution is -0.247. The lowest BCUT2D eigenvalue weighted by Gasteiger charge is -2.39. The molecular formula is C38H38O5. The largest absolute Gasteiger partial charge is 0.464 e. The molecule has 0 saturated heterocycles. The standard InChI is InChI=1S/C38H38O5/c1-38(29-11-3-2-4-12-29,25-40-43-30-19-15-26(16-20-30)23-24-39)37-41-33-21-17-27-9-5-7-13-31(27)35(33)36-32-14-8-6-10-28(32)18-22-34(36)42-37/h2-5,7,9,11-13,15-16,18-20,22,24,33,35,37H,6,8,10,14,17,21,23,25H2,1H3/t33?,35-,37?,38-/m0/s1. The number of aryl methyl sites for hydroxylation is 2. The van der Waals surface area contributed by atoms with E-state index in [0.29, 0.717) is 12.2 Å². The van der Waals surface area contributed by atoms with Crippen LogP contribution in [0.25, 0.3) is 0 Å². The molecule has 220 valence electrons. The van der Waals surface area contributed by atoms with E-state index in [9.17, 15) is 4.79 Å². The van der Waals surface area contributed by atoms with Crippen molar-refractivity contribution in [3.8, 4) is 11.5 Å². The van der Waals surface area contributed by atoms with Crippen LogP contribution >= 0.6 is 0 Å². The summed E-state index contributed by atoms with van der Waals surface area (Å²) in [4.78, 5) is 22.6. The Morgan fingerprint density at radius 1 is 0.860 bits per heavy atom. The number of carbonyl (C=O) groups is 1. The summed E-state index contributed by atoms with van der Waals surface area (Å²) >= 11 is 0. The van der Waals surface area contributed by atoms with E-state index in [4.69, 9.17) is 19.2 Å². The first-order chi connectivity index (χ1) is 21.1. The third-order valence-electron chi connectivity index (χ3n) is 9.55. The van der Waals surface area contributed by atoms with Crippen LogP contribution in [0.1, 0.15) is 71.0 Å². The summed E-state index contributed by atoms with van der Waals surface area (Å²) < 4.78 is 14.1. The van der Waals surface area contributed by atoms with E-state index in [1.807, 2.05) is 42.5 Å². The Labute approximate surface area is 253 Å². The smallest absolute Gasteiger partial charge is 0.212 e. The second kappa shape index (κ2) is 12.0. The molecule has 4 aromatic carbocycles. The number of rotatable bonds is 8. The number of ether oxygens (including phenoxy) is 2. The average molecular weight is 575 g/mol. The summed E-state index contributed by atoms with van der Waals surface area (Å²) in [6.45, 7) is 2.35. The maximum Gasteiger partial charge on any atom is 0.212 e. The van der Waals surface area contributed by atoms with Gasteiger partial charge in [-0.15, -0.1) is 0 Å². The first-order valence-corrected chi connectivity index (χ1v) is 15.6. The van der Waals surface area contributed by atoms with Gasteiger partial charge in [0, 0.05) is 17.9 Å². The number of fused-ring (bicyclic) bond motifs is 7. The maximum atomic E-state index is 10.9. The Bertz CT molecular complexity index is 1580. The van der Waals surface area contributed by atoms with Crippen molar-refractivity contribution in [2.75, 3.05) is 6.61 Å². The van der Waals surface area contributed by atoms with Crippen LogP contribution in [0.2, 0.25) is 0 Å². The van der Waals surface area contributed by atoms with Gasteiger partial charge in [0.25, 0.3) is 0 Å². The molecule has 1 heterocycles. The number of benzene rings is 4. The predicted molar refractivity (Wildman–Crippen MR) is 166 cm³/mol. The molecule has 4 atom stereocenters. The van der Waals surface area contributed by atoms with Gasteiger partial charge in [-0.2, -0.15) is 4.89 Å². The van der Waals surface area contributed by atoms with Crippen molar-refractivity contribution < 1.29 is 24.0 Å². The SMILES string of the molecule is C[C@](COOc1ccc(CC=O)cc1)(c1ccccc1)C1Oc2ccc3c(c2[C@H]2c4ccccc4CCC2O1)CCCC3. The molecule has 0 fully saturated rings. The summed E-state index contributed by atoms with van der Waals surface area (Å²) in [7, 11) is 0. The summed E-state index contributed by atoms with van der Waals surface area (Å²) in [5, 5.41) is 0. The van der Waals surface area contributed by atoms with Crippen molar-refractivity contribution in [2.24, 2.45) is 0 Å². The summed E-state index contributed by atoms with van der Waals surface area (Å²) in [5.74, 6) is 1.62. The number of hydrogen-bond donors (Lipinski definition) is 0. The van der Waals surface area contributed by atoms with Crippen molar-refractivity contribution in [2.45, 2.75) is 75.6 Å². The highest BCUT2D eigenvalue weighted by Crippen LogP contribution is 2.50. The normalized spacial score (nSPS) is 21.9. The molecular weight excluding hydrogens is 536 g/mol. The lowest BCUT2D eigenvalue weighted by Crippen LogP contribution is -2.48. The summed E-state index contributed by atoms with van der Waals surface area (Å²) in [6.07, 6.45) is 7.20. The Morgan fingerprint density at radius 2 is 1.65 bits per heavy atom. The van der Waals surface area contributed by atoms with E-state index in [0.717, 1.165) is 48.8 Å². The van der Waals surface area contributed by atoms with Gasteiger partial charge < -0.3 is 19.2 Å². The Kier molecular flexibility index (Phi) is 7.77. The number of aldehydes is 1. The highest BCUT2D eigenvalue weighted by Gasteiger charge is 2.47. The van der Waals surface area contributed by atoms with Crippen molar-refractivity contribution in [1.29, 1.82) is 0 Å². The van der Waals surface area contributed by atoms with Crippen molar-refractivity contribution in [1.82, 2.24) is 0 Å². The molecule has 0 radical (unpaired) electrons. The summed E-state index contributed by atoms with van der Waals surface area (Å²) in [6, 6.07) is 31.0. The molecule has 43 heavy (non-hydrogen) atoms. The molecule has 0 amide bonds. The van der Waals surface area contributed by atoms with Crippen LogP contribution in [0.15, 0.2) is 91.0 Å². The van der Waals surface area contributed by atoms with Crippen LogP contribution in [0.4, 0.5) is 0 Å². The summed E-state index contributed by atoms with van der Waals surface area (Å²) in [5.41, 5.74) is 8.31. The molecule has 4 aromatic rings. The third-order valence-corrected chi connectivity index (χ3v) is 9.55. The van der Waals surface area contributed by atoms with E-state index >= 15 is 0 Å². The van der Waals surface area contributed by atoms with Crippen LogP contribution in [0.3, 0.4) is 0 Å². The second-order valence-corrected chi connectivity index (χ2v) is 12.3. The zero-order valence-electron chi connectivity index (χ0n) is 24.7. The van der Waals surface area contributed by atoms with Crippen LogP contribution in [0, 0.1) is 0 Å². The molecule has 1 aliphatic heterocycles. The maximum absolute atomic E-state index is 10.9. The topological polar surface area (TPSA) is 54.0 Å². The molecule has 0 bridgehead atoms. The van der Waals surface area contributed by atoms with Gasteiger partial charge in [-0.25, -0.2) is 0 Å². The zero-order chi connectivity index (χ0) is 29.2. The van der Waals surface area contributed by atoms with Gasteiger partial charge in [0.15, 0.2) is 5.75 Å². The molecule has 2 unspecified atom stereocenters. The van der Waals surface area contributed by atoms with E-state index in [1.54, 1.807) is 0 Å². The predicted octanol–water partition coefficient (Wildman–Crippen LogP) is 7.46. The van der Waals surface area contributed by atoms with Crippen LogP contribution in [-0.2, 0) is 45.5 Å². The first kappa shape index (κ1) is 27.9. The van der Waals surface area contributed by atoms with Crippen LogP contribution < -0.4 is 9.62 Å². The van der Waals surface area contributed by atoms with Gasteiger partial charge >= 0.3 is 0 Å². The molecule has 0 aromatic heterocycles. The molecule has 3 aliphatic rings. The molecule has 0 saturated carbocycles. The van der Waals surface area contributed by atoms with Gasteiger partial charge in [0.1, 0.15) is 18.6 Å². The zero-order valence-corrected chi connectivity index (χ0v) is 24.7. The third kappa shape index (κ3) is 5.37. The second-order valence-electron chi connectivity index (χ2n) is 12.3. The molecule has 5 nitrogen and oxygen atoms in total. The van der Waals surface area contributed by atoms with Crippen LogP contribution in [-0.4, -0.2) is 25.3 Å². The Morgan fingerprint density at radius 3 is 2.49 bits per heavy atom. The first-order valence-electron chi connectivity index (χ1n) is 15.6. The van der Waals surface area contributed by atoms with Crippen molar-refractivity contribution >= 4 is 6.29 Å². The molecule has 2 aliphatic carbocycles. The molecule has 0 N–H and O–H groups in total. The minimum absolute atomic E-state index is 0.0242. The highest BCUT2D eigenvalue weighted by atomic mass is 17.2. The van der Waals surface area contributed by atoms with Crippen molar-refractivity contribution in [3.63, 3.8) is 0 Å². The van der Waals surface area contributed by atoms with Crippen molar-refractivity contribution in [3.05, 3.63) is 130 Å². The van der Waals surface area contributed by atoms with Gasteiger partial charge in [-0.3, -0.25) is 0 Å². The Hall–Kier alpha value is -3.93. The van der Waals surface area contributed by atoms with E-state index in [1.165, 1.54) is 40.7 Å². The quantitative estimate of drug-likeness (QED) is 0.124. The number of hydrogen-bond acceptors (Lipinski definition) is 5. The highest BCUT2D eigenvalue weighted by molar-refractivity contribution is 5.56. The fourth-order valence-electron chi connectivity index (χ4n) is 7.18. The minimum Gasteiger partial charge on any atom is -0.464 e. The van der Waals surface area contributed by atoms with Crippen LogP contribution in [0.5, 0.6) is 11.5 Å². The molecule has 7 rings (SSSR count). The molecule has 0 spiro atoms. The average Bonchev–Trinajstić information content (AvgIpc) is 3.24.